The van der Waals surface area contributed by atoms with E-state index in [9.17, 15) is 4.79 Å². The van der Waals surface area contributed by atoms with Crippen LogP contribution in [0.4, 0.5) is 0 Å². The molecule has 0 aliphatic carbocycles. The molecule has 4 nitrogen and oxygen atoms in total. The maximum Gasteiger partial charge on any atom is 0.209 e. The van der Waals surface area contributed by atoms with E-state index in [0.29, 0.717) is 0 Å². The van der Waals surface area contributed by atoms with Crippen LogP contribution in [0.15, 0.2) is 24.8 Å². The van der Waals surface area contributed by atoms with E-state index in [1.54, 1.807) is 32.6 Å². The van der Waals surface area contributed by atoms with E-state index >= 15 is 0 Å². The summed E-state index contributed by atoms with van der Waals surface area (Å²) in [5.74, 6) is 0. The first-order valence-corrected chi connectivity index (χ1v) is 3.09. The van der Waals surface area contributed by atoms with E-state index in [0.717, 1.165) is 6.41 Å². The quantitative estimate of drug-likeness (QED) is 0.541. The molecule has 60 valence electrons. The lowest BCUT2D eigenvalue weighted by atomic mass is 10.7. The van der Waals surface area contributed by atoms with E-state index in [-0.39, 0.29) is 0 Å². The van der Waals surface area contributed by atoms with Gasteiger partial charge in [0.2, 0.25) is 6.41 Å². The molecule has 0 radical (unpaired) electrons. The zero-order chi connectivity index (χ0) is 8.53. The zero-order valence-electron chi connectivity index (χ0n) is 6.64. The molecule has 0 N–H and O–H groups in total. The molecule has 0 aliphatic heterocycles. The highest BCUT2D eigenvalue weighted by Gasteiger charge is 1.68. The minimum atomic E-state index is 0.750. The monoisotopic (exact) mass is 153 g/mol. The maximum atomic E-state index is 9.43. The van der Waals surface area contributed by atoms with Crippen LogP contribution < -0.4 is 0 Å². The molecule has 0 aromatic carbocycles. The lowest BCUT2D eigenvalue weighted by Gasteiger charge is -1.93. The molecule has 0 saturated heterocycles. The van der Waals surface area contributed by atoms with Crippen LogP contribution in [0.5, 0.6) is 0 Å². The second-order valence-electron chi connectivity index (χ2n) is 1.97. The molecule has 0 aliphatic rings. The van der Waals surface area contributed by atoms with E-state index in [1.807, 2.05) is 0 Å². The Morgan fingerprint density at radius 2 is 1.73 bits per heavy atom. The Hall–Kier alpha value is -1.45. The highest BCUT2D eigenvalue weighted by atomic mass is 16.1. The van der Waals surface area contributed by atoms with E-state index in [1.165, 1.54) is 11.2 Å². The van der Waals surface area contributed by atoms with E-state index < -0.39 is 0 Å². The van der Waals surface area contributed by atoms with Gasteiger partial charge in [-0.15, -0.1) is 0 Å². The fourth-order valence-corrected chi connectivity index (χ4v) is 0.253. The van der Waals surface area contributed by atoms with Gasteiger partial charge in [-0.25, -0.2) is 9.97 Å². The van der Waals surface area contributed by atoms with Crippen molar-refractivity contribution < 1.29 is 4.79 Å². The molecule has 0 spiro atoms. The van der Waals surface area contributed by atoms with Crippen molar-refractivity contribution in [2.75, 3.05) is 14.1 Å². The van der Waals surface area contributed by atoms with Crippen LogP contribution in [-0.4, -0.2) is 35.4 Å². The summed E-state index contributed by atoms with van der Waals surface area (Å²) in [6.07, 6.45) is 5.62. The molecule has 1 amide bonds. The standard InChI is InChI=1S/C4H4N2.C3H7NO/c1-2-5-4-6-3-1;1-4(2)3-5/h1-4H;3H,1-2H3. The number of nitrogens with zero attached hydrogens (tertiary/aromatic N) is 3. The molecule has 0 bridgehead atoms. The topological polar surface area (TPSA) is 46.1 Å². The molecule has 1 heterocycles. The first kappa shape index (κ1) is 9.55. The van der Waals surface area contributed by atoms with Gasteiger partial charge in [0.25, 0.3) is 0 Å². The van der Waals surface area contributed by atoms with Gasteiger partial charge in [-0.1, -0.05) is 0 Å². The van der Waals surface area contributed by atoms with E-state index in [4.69, 9.17) is 0 Å². The molecular weight excluding hydrogens is 142 g/mol. The van der Waals surface area contributed by atoms with Crippen molar-refractivity contribution in [3.63, 3.8) is 0 Å². The van der Waals surface area contributed by atoms with Crippen LogP contribution in [0.1, 0.15) is 0 Å². The molecule has 1 aromatic heterocycles. The van der Waals surface area contributed by atoms with Gasteiger partial charge >= 0.3 is 0 Å². The fraction of sp³-hybridized carbons (Fsp3) is 0.286. The minimum absolute atomic E-state index is 0.750. The number of aromatic nitrogens is 2. The Morgan fingerprint density at radius 3 is 1.82 bits per heavy atom. The summed E-state index contributed by atoms with van der Waals surface area (Å²) in [4.78, 5) is 18.2. The predicted octanol–water partition coefficient (Wildman–Crippen LogP) is 0.181. The van der Waals surface area contributed by atoms with Crippen molar-refractivity contribution in [2.24, 2.45) is 0 Å². The van der Waals surface area contributed by atoms with Crippen LogP contribution in [-0.2, 0) is 4.79 Å². The predicted molar refractivity (Wildman–Crippen MR) is 41.8 cm³/mol. The number of carbonyl (C=O) groups excluding carboxylic acids is 1. The number of carbonyl (C=O) groups is 1. The number of rotatable bonds is 1. The Balaban J connectivity index is 0.000000187. The summed E-state index contributed by atoms with van der Waals surface area (Å²) in [6, 6.07) is 1.78. The van der Waals surface area contributed by atoms with Crippen molar-refractivity contribution in [3.8, 4) is 0 Å². The van der Waals surface area contributed by atoms with Crippen molar-refractivity contribution in [2.45, 2.75) is 0 Å². The molecule has 11 heavy (non-hydrogen) atoms. The smallest absolute Gasteiger partial charge is 0.209 e. The van der Waals surface area contributed by atoms with Gasteiger partial charge in [-0.2, -0.15) is 0 Å². The number of hydrogen-bond donors (Lipinski definition) is 0. The molecule has 0 unspecified atom stereocenters. The average molecular weight is 153 g/mol. The Labute approximate surface area is 65.9 Å². The van der Waals surface area contributed by atoms with Gasteiger partial charge in [-0.3, -0.25) is 4.79 Å². The Kier molecular flexibility index (Phi) is 5.79. The maximum absolute atomic E-state index is 9.43. The first-order valence-electron chi connectivity index (χ1n) is 3.09. The van der Waals surface area contributed by atoms with Crippen molar-refractivity contribution in [1.29, 1.82) is 0 Å². The molecule has 4 heteroatoms. The van der Waals surface area contributed by atoms with Crippen LogP contribution >= 0.6 is 0 Å². The van der Waals surface area contributed by atoms with Crippen LogP contribution in [0, 0.1) is 0 Å². The molecule has 0 fully saturated rings. The van der Waals surface area contributed by atoms with Crippen molar-refractivity contribution in [3.05, 3.63) is 24.8 Å². The third kappa shape index (κ3) is 8.55. The highest BCUT2D eigenvalue weighted by molar-refractivity contribution is 5.45. The summed E-state index contributed by atoms with van der Waals surface area (Å²) in [5.41, 5.74) is 0. The van der Waals surface area contributed by atoms with Crippen molar-refractivity contribution >= 4 is 6.41 Å². The van der Waals surface area contributed by atoms with Gasteiger partial charge in [0, 0.05) is 26.5 Å². The minimum Gasteiger partial charge on any atom is -0.351 e. The second-order valence-corrected chi connectivity index (χ2v) is 1.97. The summed E-state index contributed by atoms with van der Waals surface area (Å²) >= 11 is 0. The third-order valence-electron chi connectivity index (χ3n) is 0.688. The van der Waals surface area contributed by atoms with E-state index in [2.05, 4.69) is 9.97 Å². The zero-order valence-corrected chi connectivity index (χ0v) is 6.64. The Morgan fingerprint density at radius 1 is 1.27 bits per heavy atom. The van der Waals surface area contributed by atoms with Gasteiger partial charge in [0.1, 0.15) is 6.33 Å². The lowest BCUT2D eigenvalue weighted by Crippen LogP contribution is -2.06. The summed E-state index contributed by atoms with van der Waals surface area (Å²) < 4.78 is 0. The normalized spacial score (nSPS) is 7.45. The van der Waals surface area contributed by atoms with Crippen molar-refractivity contribution in [1.82, 2.24) is 14.9 Å². The number of amides is 1. The number of hydrogen-bond acceptors (Lipinski definition) is 3. The van der Waals surface area contributed by atoms with Gasteiger partial charge in [0.05, 0.1) is 0 Å². The highest BCUT2D eigenvalue weighted by Crippen LogP contribution is 1.66. The molecule has 1 rings (SSSR count). The van der Waals surface area contributed by atoms with Gasteiger partial charge < -0.3 is 4.90 Å². The summed E-state index contributed by atoms with van der Waals surface area (Å²) in [5, 5.41) is 0. The van der Waals surface area contributed by atoms with Crippen LogP contribution in [0.2, 0.25) is 0 Å². The first-order chi connectivity index (χ1) is 5.27. The van der Waals surface area contributed by atoms with Crippen LogP contribution in [0.3, 0.4) is 0 Å². The molecule has 0 saturated carbocycles. The average Bonchev–Trinajstić information content (AvgIpc) is 2.09. The molecule has 0 atom stereocenters. The lowest BCUT2D eigenvalue weighted by molar-refractivity contribution is -0.115. The third-order valence-corrected chi connectivity index (χ3v) is 0.688. The molecular formula is C7H11N3O. The Bertz CT molecular complexity index is 150. The largest absolute Gasteiger partial charge is 0.351 e. The van der Waals surface area contributed by atoms with Gasteiger partial charge in [0.15, 0.2) is 0 Å². The van der Waals surface area contributed by atoms with Gasteiger partial charge in [-0.05, 0) is 6.07 Å². The summed E-state index contributed by atoms with van der Waals surface area (Å²) in [6.45, 7) is 0. The fourth-order valence-electron chi connectivity index (χ4n) is 0.253. The second kappa shape index (κ2) is 6.67. The van der Waals surface area contributed by atoms with Crippen LogP contribution in [0.25, 0.3) is 0 Å². The SMILES string of the molecule is CN(C)C=O.c1cncnc1. The summed E-state index contributed by atoms with van der Waals surface area (Å²) in [7, 11) is 3.38. The molecule has 1 aromatic rings.